The molecule has 1 unspecified atom stereocenters. The molecule has 120 valence electrons. The molecule has 6 heteroatoms. The number of hydrogen-bond donors (Lipinski definition) is 1. The molecule has 22 heavy (non-hydrogen) atoms. The molecule has 1 aliphatic rings. The van der Waals surface area contributed by atoms with E-state index in [4.69, 9.17) is 9.84 Å². The number of nitrogens with zero attached hydrogens (tertiary/aromatic N) is 1. The van der Waals surface area contributed by atoms with Gasteiger partial charge in [-0.15, -0.1) is 12.4 Å². The van der Waals surface area contributed by atoms with Gasteiger partial charge in [-0.1, -0.05) is 12.1 Å². The Morgan fingerprint density at radius 2 is 1.95 bits per heavy atom. The summed E-state index contributed by atoms with van der Waals surface area (Å²) in [5.74, 6) is -0.640. The third kappa shape index (κ3) is 4.24. The first kappa shape index (κ1) is 18.0. The molecule has 1 N–H and O–H groups in total. The highest BCUT2D eigenvalue weighted by molar-refractivity contribution is 5.95. The van der Waals surface area contributed by atoms with Crippen molar-refractivity contribution in [1.29, 1.82) is 0 Å². The van der Waals surface area contributed by atoms with E-state index in [1.165, 1.54) is 0 Å². The highest BCUT2D eigenvalue weighted by atomic mass is 35.5. The summed E-state index contributed by atoms with van der Waals surface area (Å²) in [7, 11) is 1.60. The van der Waals surface area contributed by atoms with Gasteiger partial charge in [0.1, 0.15) is 5.75 Å². The Hall–Kier alpha value is -2.01. The molecule has 1 amide bonds. The fourth-order valence-electron chi connectivity index (χ4n) is 2.38. The number of allylic oxidation sites excluding steroid dienone is 1. The predicted molar refractivity (Wildman–Crippen MR) is 86.2 cm³/mol. The number of carbonyl (C=O) groups excluding carboxylic acids is 1. The molecular weight excluding hydrogens is 306 g/mol. The molecule has 0 bridgehead atoms. The van der Waals surface area contributed by atoms with E-state index in [1.54, 1.807) is 18.1 Å². The van der Waals surface area contributed by atoms with Gasteiger partial charge in [-0.05, 0) is 36.6 Å². The second-order valence-electron chi connectivity index (χ2n) is 5.16. The van der Waals surface area contributed by atoms with Crippen LogP contribution < -0.4 is 4.74 Å². The van der Waals surface area contributed by atoms with E-state index in [1.807, 2.05) is 31.2 Å². The summed E-state index contributed by atoms with van der Waals surface area (Å²) in [6.45, 7) is 2.66. The Morgan fingerprint density at radius 3 is 2.45 bits per heavy atom. The second kappa shape index (κ2) is 7.84. The molecule has 1 saturated heterocycles. The maximum absolute atomic E-state index is 12.2. The van der Waals surface area contributed by atoms with Crippen LogP contribution in [0.25, 0.3) is 5.57 Å². The molecule has 0 radical (unpaired) electrons. The first-order chi connectivity index (χ1) is 10.0. The van der Waals surface area contributed by atoms with Crippen molar-refractivity contribution in [2.75, 3.05) is 20.2 Å². The van der Waals surface area contributed by atoms with Crippen LogP contribution in [0.5, 0.6) is 5.75 Å². The predicted octanol–water partition coefficient (Wildman–Crippen LogP) is 2.45. The monoisotopic (exact) mass is 325 g/mol. The minimum atomic E-state index is -0.832. The number of aliphatic carboxylic acids is 1. The van der Waals surface area contributed by atoms with E-state index in [0.717, 1.165) is 16.9 Å². The Bertz CT molecular complexity index is 568. The molecule has 1 aromatic carbocycles. The number of rotatable bonds is 4. The van der Waals surface area contributed by atoms with Gasteiger partial charge in [-0.3, -0.25) is 9.59 Å². The maximum atomic E-state index is 12.2. The molecule has 2 rings (SSSR count). The van der Waals surface area contributed by atoms with Crippen LogP contribution in [0, 0.1) is 5.92 Å². The first-order valence-electron chi connectivity index (χ1n) is 6.85. The molecule has 0 spiro atoms. The van der Waals surface area contributed by atoms with Crippen LogP contribution >= 0.6 is 12.4 Å². The lowest BCUT2D eigenvalue weighted by molar-refractivity contribution is -0.141. The summed E-state index contributed by atoms with van der Waals surface area (Å²) in [6, 6.07) is 7.46. The Morgan fingerprint density at radius 1 is 1.32 bits per heavy atom. The standard InChI is InChI=1S/C16H19NO4.ClH/c1-11(12-3-5-14(21-2)6-4-12)9-15(18)17-8-7-13(10-17)16(19)20;/h3-6,9,13H,7-8,10H2,1-2H3,(H,19,20);1H/b11-9+;. The minimum Gasteiger partial charge on any atom is -0.497 e. The SMILES string of the molecule is COc1ccc(/C(C)=C/C(=O)N2CCC(C(=O)O)C2)cc1.Cl. The van der Waals surface area contributed by atoms with E-state index in [9.17, 15) is 9.59 Å². The summed E-state index contributed by atoms with van der Waals surface area (Å²) in [5, 5.41) is 8.96. The molecule has 0 saturated carbocycles. The largest absolute Gasteiger partial charge is 0.497 e. The van der Waals surface area contributed by atoms with Crippen molar-refractivity contribution in [3.63, 3.8) is 0 Å². The van der Waals surface area contributed by atoms with Crippen molar-refractivity contribution in [2.24, 2.45) is 5.92 Å². The number of carboxylic acids is 1. The lowest BCUT2D eigenvalue weighted by Gasteiger charge is -2.14. The molecule has 0 aromatic heterocycles. The van der Waals surface area contributed by atoms with Gasteiger partial charge >= 0.3 is 5.97 Å². The zero-order valence-corrected chi connectivity index (χ0v) is 13.4. The number of amides is 1. The fraction of sp³-hybridized carbons (Fsp3) is 0.375. The van der Waals surface area contributed by atoms with Gasteiger partial charge in [-0.25, -0.2) is 0 Å². The van der Waals surface area contributed by atoms with Crippen LogP contribution in [0.1, 0.15) is 18.9 Å². The zero-order chi connectivity index (χ0) is 15.4. The summed E-state index contributed by atoms with van der Waals surface area (Å²) in [6.07, 6.45) is 2.09. The normalized spacial score (nSPS) is 17.8. The average Bonchev–Trinajstić information content (AvgIpc) is 2.97. The van der Waals surface area contributed by atoms with Crippen LogP contribution in [0.3, 0.4) is 0 Å². The number of carboxylic acid groups (broad SMARTS) is 1. The Balaban J connectivity index is 0.00000242. The van der Waals surface area contributed by atoms with Gasteiger partial charge in [0.05, 0.1) is 13.0 Å². The Kier molecular flexibility index (Phi) is 6.43. The number of ether oxygens (including phenoxy) is 1. The third-order valence-corrected chi connectivity index (χ3v) is 3.73. The van der Waals surface area contributed by atoms with Crippen molar-refractivity contribution in [3.8, 4) is 5.75 Å². The van der Waals surface area contributed by atoms with Gasteiger partial charge in [0.2, 0.25) is 5.91 Å². The van der Waals surface area contributed by atoms with Crippen molar-refractivity contribution in [1.82, 2.24) is 4.90 Å². The Labute approximate surface area is 136 Å². The average molecular weight is 326 g/mol. The van der Waals surface area contributed by atoms with Crippen LogP contribution in [-0.2, 0) is 9.59 Å². The van der Waals surface area contributed by atoms with Crippen LogP contribution in [0.15, 0.2) is 30.3 Å². The van der Waals surface area contributed by atoms with Crippen molar-refractivity contribution < 1.29 is 19.4 Å². The maximum Gasteiger partial charge on any atom is 0.308 e. The minimum absolute atomic E-state index is 0. The number of carbonyl (C=O) groups is 2. The second-order valence-corrected chi connectivity index (χ2v) is 5.16. The number of hydrogen-bond acceptors (Lipinski definition) is 3. The number of likely N-dealkylation sites (tertiary alicyclic amines) is 1. The van der Waals surface area contributed by atoms with Crippen LogP contribution in [-0.4, -0.2) is 42.1 Å². The molecule has 1 aromatic rings. The number of halogens is 1. The third-order valence-electron chi connectivity index (χ3n) is 3.73. The number of methoxy groups -OCH3 is 1. The van der Waals surface area contributed by atoms with Crippen molar-refractivity contribution >= 4 is 29.9 Å². The quantitative estimate of drug-likeness (QED) is 0.863. The summed E-state index contributed by atoms with van der Waals surface area (Å²) in [5.41, 5.74) is 1.79. The van der Waals surface area contributed by atoms with Crippen molar-refractivity contribution in [2.45, 2.75) is 13.3 Å². The zero-order valence-electron chi connectivity index (χ0n) is 12.6. The first-order valence-corrected chi connectivity index (χ1v) is 6.85. The van der Waals surface area contributed by atoms with E-state index < -0.39 is 11.9 Å². The molecular formula is C16H20ClNO4. The highest BCUT2D eigenvalue weighted by Crippen LogP contribution is 2.20. The van der Waals surface area contributed by atoms with E-state index >= 15 is 0 Å². The lowest BCUT2D eigenvalue weighted by atomic mass is 10.1. The van der Waals surface area contributed by atoms with Gasteiger partial charge in [0.25, 0.3) is 0 Å². The van der Waals surface area contributed by atoms with Gasteiger partial charge in [-0.2, -0.15) is 0 Å². The smallest absolute Gasteiger partial charge is 0.308 e. The van der Waals surface area contributed by atoms with Crippen LogP contribution in [0.2, 0.25) is 0 Å². The fourth-order valence-corrected chi connectivity index (χ4v) is 2.38. The van der Waals surface area contributed by atoms with Crippen molar-refractivity contribution in [3.05, 3.63) is 35.9 Å². The number of benzene rings is 1. The van der Waals surface area contributed by atoms with E-state index in [-0.39, 0.29) is 18.3 Å². The topological polar surface area (TPSA) is 66.8 Å². The van der Waals surface area contributed by atoms with E-state index in [2.05, 4.69) is 0 Å². The van der Waals surface area contributed by atoms with E-state index in [0.29, 0.717) is 19.5 Å². The van der Waals surface area contributed by atoms with Gasteiger partial charge in [0, 0.05) is 19.2 Å². The van der Waals surface area contributed by atoms with Gasteiger partial charge in [0.15, 0.2) is 0 Å². The lowest BCUT2D eigenvalue weighted by Crippen LogP contribution is -2.28. The van der Waals surface area contributed by atoms with Crippen LogP contribution in [0.4, 0.5) is 0 Å². The highest BCUT2D eigenvalue weighted by Gasteiger charge is 2.29. The summed E-state index contributed by atoms with van der Waals surface area (Å²) >= 11 is 0. The summed E-state index contributed by atoms with van der Waals surface area (Å²) in [4.78, 5) is 24.6. The molecule has 5 nitrogen and oxygen atoms in total. The van der Waals surface area contributed by atoms with Gasteiger partial charge < -0.3 is 14.7 Å². The molecule has 1 aliphatic heterocycles. The molecule has 1 atom stereocenters. The molecule has 0 aliphatic carbocycles. The molecule has 1 heterocycles. The summed E-state index contributed by atoms with van der Waals surface area (Å²) < 4.78 is 5.10. The molecule has 1 fully saturated rings.